The molecule has 0 atom stereocenters. The summed E-state index contributed by atoms with van der Waals surface area (Å²) in [5.41, 5.74) is 6.98. The van der Waals surface area contributed by atoms with Crippen LogP contribution < -0.4 is 10.5 Å². The van der Waals surface area contributed by atoms with Crippen molar-refractivity contribution in [1.82, 2.24) is 0 Å². The Hall–Kier alpha value is -1.54. The van der Waals surface area contributed by atoms with Gasteiger partial charge in [-0.1, -0.05) is 50.1 Å². The second-order valence-electron chi connectivity index (χ2n) is 4.52. The van der Waals surface area contributed by atoms with Crippen LogP contribution in [0.5, 0.6) is 5.75 Å². The number of hydrogen-bond donors (Lipinski definition) is 1. The van der Waals surface area contributed by atoms with Gasteiger partial charge < -0.3 is 10.5 Å². The smallest absolute Gasteiger partial charge is 0.124 e. The topological polar surface area (TPSA) is 35.2 Å². The van der Waals surface area contributed by atoms with Gasteiger partial charge in [0.15, 0.2) is 0 Å². The van der Waals surface area contributed by atoms with E-state index in [1.165, 1.54) is 23.6 Å². The van der Waals surface area contributed by atoms with Crippen LogP contribution in [0.15, 0.2) is 36.4 Å². The zero-order valence-electron chi connectivity index (χ0n) is 11.0. The molecule has 0 aliphatic rings. The summed E-state index contributed by atoms with van der Waals surface area (Å²) in [6, 6.07) is 12.4. The van der Waals surface area contributed by atoms with Crippen LogP contribution in [0.4, 0.5) is 0 Å². The Morgan fingerprint density at radius 1 is 1.06 bits per heavy atom. The van der Waals surface area contributed by atoms with Gasteiger partial charge in [-0.2, -0.15) is 0 Å². The first-order valence-corrected chi connectivity index (χ1v) is 6.70. The number of rotatable bonds is 6. The molecule has 2 nitrogen and oxygen atoms in total. The fourth-order valence-electron chi connectivity index (χ4n) is 2.20. The number of benzene rings is 2. The lowest BCUT2D eigenvalue weighted by molar-refractivity contribution is 0.304. The summed E-state index contributed by atoms with van der Waals surface area (Å²) >= 11 is 0. The van der Waals surface area contributed by atoms with Gasteiger partial charge in [0.25, 0.3) is 0 Å². The van der Waals surface area contributed by atoms with Crippen molar-refractivity contribution in [3.8, 4) is 5.75 Å². The highest BCUT2D eigenvalue weighted by molar-refractivity contribution is 5.87. The maximum atomic E-state index is 5.87. The minimum absolute atomic E-state index is 0.518. The molecule has 0 heterocycles. The molecule has 2 aromatic carbocycles. The van der Waals surface area contributed by atoms with Crippen LogP contribution >= 0.6 is 0 Å². The van der Waals surface area contributed by atoms with Gasteiger partial charge >= 0.3 is 0 Å². The molecule has 2 aromatic rings. The van der Waals surface area contributed by atoms with Crippen molar-refractivity contribution in [3.05, 3.63) is 42.0 Å². The third-order valence-corrected chi connectivity index (χ3v) is 3.21. The largest absolute Gasteiger partial charge is 0.493 e. The Bertz CT molecular complexity index is 507. The van der Waals surface area contributed by atoms with E-state index >= 15 is 0 Å². The Morgan fingerprint density at radius 2 is 1.89 bits per heavy atom. The first-order valence-electron chi connectivity index (χ1n) is 6.70. The van der Waals surface area contributed by atoms with Crippen molar-refractivity contribution in [3.63, 3.8) is 0 Å². The van der Waals surface area contributed by atoms with Crippen LogP contribution in [0.25, 0.3) is 10.8 Å². The van der Waals surface area contributed by atoms with Gasteiger partial charge in [0.1, 0.15) is 5.75 Å². The summed E-state index contributed by atoms with van der Waals surface area (Å²) in [5, 5.41) is 2.42. The van der Waals surface area contributed by atoms with Crippen LogP contribution in [0.2, 0.25) is 0 Å². The molecule has 2 rings (SSSR count). The zero-order chi connectivity index (χ0) is 12.8. The van der Waals surface area contributed by atoms with E-state index in [-0.39, 0.29) is 0 Å². The summed E-state index contributed by atoms with van der Waals surface area (Å²) in [5.74, 6) is 0.937. The van der Waals surface area contributed by atoms with Crippen molar-refractivity contribution in [2.75, 3.05) is 6.61 Å². The Balaban J connectivity index is 2.22. The lowest BCUT2D eigenvalue weighted by Crippen LogP contribution is -2.04. The van der Waals surface area contributed by atoms with E-state index in [4.69, 9.17) is 10.5 Å². The Labute approximate surface area is 109 Å². The lowest BCUT2D eigenvalue weighted by Gasteiger charge is -2.13. The van der Waals surface area contributed by atoms with E-state index in [1.54, 1.807) is 0 Å². The van der Waals surface area contributed by atoms with Gasteiger partial charge in [0.05, 0.1) is 6.61 Å². The standard InChI is InChI=1S/C16H21NO/c1-2-3-6-11-18-16-10-9-13-7-4-5-8-14(13)15(16)12-17/h4-5,7-10H,2-3,6,11-12,17H2,1H3. The molecular weight excluding hydrogens is 222 g/mol. The summed E-state index contributed by atoms with van der Waals surface area (Å²) < 4.78 is 5.86. The van der Waals surface area contributed by atoms with Crippen molar-refractivity contribution in [2.24, 2.45) is 5.73 Å². The van der Waals surface area contributed by atoms with E-state index < -0.39 is 0 Å². The van der Waals surface area contributed by atoms with Crippen molar-refractivity contribution < 1.29 is 4.74 Å². The average molecular weight is 243 g/mol. The van der Waals surface area contributed by atoms with E-state index in [2.05, 4.69) is 25.1 Å². The van der Waals surface area contributed by atoms with Crippen LogP contribution in [-0.4, -0.2) is 6.61 Å². The van der Waals surface area contributed by atoms with Crippen molar-refractivity contribution in [1.29, 1.82) is 0 Å². The zero-order valence-corrected chi connectivity index (χ0v) is 11.0. The third-order valence-electron chi connectivity index (χ3n) is 3.21. The summed E-state index contributed by atoms with van der Waals surface area (Å²) in [7, 11) is 0. The van der Waals surface area contributed by atoms with Gasteiger partial charge in [0, 0.05) is 12.1 Å². The molecule has 18 heavy (non-hydrogen) atoms. The highest BCUT2D eigenvalue weighted by Crippen LogP contribution is 2.27. The molecule has 96 valence electrons. The molecular formula is C16H21NO. The minimum Gasteiger partial charge on any atom is -0.493 e. The Morgan fingerprint density at radius 3 is 2.67 bits per heavy atom. The molecule has 0 saturated carbocycles. The van der Waals surface area contributed by atoms with Gasteiger partial charge in [0.2, 0.25) is 0 Å². The molecule has 0 radical (unpaired) electrons. The van der Waals surface area contributed by atoms with Crippen LogP contribution in [0.1, 0.15) is 31.7 Å². The molecule has 0 aliphatic carbocycles. The quantitative estimate of drug-likeness (QED) is 0.782. The maximum absolute atomic E-state index is 5.87. The summed E-state index contributed by atoms with van der Waals surface area (Å²) in [4.78, 5) is 0. The molecule has 0 aliphatic heterocycles. The molecule has 0 amide bonds. The van der Waals surface area contributed by atoms with E-state index in [0.717, 1.165) is 24.3 Å². The normalized spacial score (nSPS) is 10.8. The maximum Gasteiger partial charge on any atom is 0.124 e. The number of fused-ring (bicyclic) bond motifs is 1. The van der Waals surface area contributed by atoms with E-state index in [1.807, 2.05) is 18.2 Å². The third kappa shape index (κ3) is 2.82. The second-order valence-corrected chi connectivity index (χ2v) is 4.52. The molecule has 0 spiro atoms. The highest BCUT2D eigenvalue weighted by Gasteiger charge is 2.06. The minimum atomic E-state index is 0.518. The second kappa shape index (κ2) is 6.41. The molecule has 0 fully saturated rings. The molecule has 0 bridgehead atoms. The number of unbranched alkanes of at least 4 members (excludes halogenated alkanes) is 2. The lowest BCUT2D eigenvalue weighted by atomic mass is 10.0. The molecule has 2 heteroatoms. The van der Waals surface area contributed by atoms with Gasteiger partial charge in [-0.25, -0.2) is 0 Å². The summed E-state index contributed by atoms with van der Waals surface area (Å²) in [6.45, 7) is 3.49. The average Bonchev–Trinajstić information content (AvgIpc) is 2.43. The number of hydrogen-bond acceptors (Lipinski definition) is 2. The molecule has 0 unspecified atom stereocenters. The predicted octanol–water partition coefficient (Wildman–Crippen LogP) is 3.87. The van der Waals surface area contributed by atoms with Crippen molar-refractivity contribution in [2.45, 2.75) is 32.7 Å². The number of nitrogens with two attached hydrogens (primary N) is 1. The van der Waals surface area contributed by atoms with E-state index in [9.17, 15) is 0 Å². The summed E-state index contributed by atoms with van der Waals surface area (Å²) in [6.07, 6.45) is 3.53. The SMILES string of the molecule is CCCCCOc1ccc2ccccc2c1CN. The fraction of sp³-hybridized carbons (Fsp3) is 0.375. The highest BCUT2D eigenvalue weighted by atomic mass is 16.5. The number of ether oxygens (including phenoxy) is 1. The first-order chi connectivity index (χ1) is 8.86. The van der Waals surface area contributed by atoms with Crippen LogP contribution in [0, 0.1) is 0 Å². The van der Waals surface area contributed by atoms with Crippen molar-refractivity contribution >= 4 is 10.8 Å². The molecule has 2 N–H and O–H groups in total. The van der Waals surface area contributed by atoms with Crippen LogP contribution in [0.3, 0.4) is 0 Å². The van der Waals surface area contributed by atoms with E-state index in [0.29, 0.717) is 6.54 Å². The fourth-order valence-corrected chi connectivity index (χ4v) is 2.20. The monoisotopic (exact) mass is 243 g/mol. The van der Waals surface area contributed by atoms with Crippen LogP contribution in [-0.2, 0) is 6.54 Å². The first kappa shape index (κ1) is 12.9. The molecule has 0 aromatic heterocycles. The molecule has 0 saturated heterocycles. The van der Waals surface area contributed by atoms with Gasteiger partial charge in [-0.05, 0) is 23.3 Å². The van der Waals surface area contributed by atoms with Gasteiger partial charge in [-0.3, -0.25) is 0 Å². The van der Waals surface area contributed by atoms with Gasteiger partial charge in [-0.15, -0.1) is 0 Å². The predicted molar refractivity (Wildman–Crippen MR) is 76.9 cm³/mol. The Kier molecular flexibility index (Phi) is 4.59.